The van der Waals surface area contributed by atoms with Gasteiger partial charge < -0.3 is 0 Å². The predicted octanol–water partition coefficient (Wildman–Crippen LogP) is 2.92. The number of hydrogen-bond donors (Lipinski definition) is 1. The van der Waals surface area contributed by atoms with Gasteiger partial charge in [0.25, 0.3) is 0 Å². The molecule has 0 amide bonds. The molecule has 0 atom stereocenters. The molecule has 0 saturated carbocycles. The van der Waals surface area contributed by atoms with E-state index in [0.29, 0.717) is 0 Å². The molecule has 0 aliphatic heterocycles. The second kappa shape index (κ2) is 4.14. The van der Waals surface area contributed by atoms with Crippen molar-refractivity contribution in [3.63, 3.8) is 0 Å². The number of aryl methyl sites for hydroxylation is 2. The third-order valence-corrected chi connectivity index (χ3v) is 3.03. The topological polar surface area (TPSA) is 42.7 Å². The number of nitrogens with zero attached hydrogens (tertiary/aromatic N) is 3. The van der Waals surface area contributed by atoms with Gasteiger partial charge in [-0.1, -0.05) is 12.1 Å². The molecule has 4 nitrogen and oxygen atoms in total. The molecule has 0 unspecified atom stereocenters. The summed E-state index contributed by atoms with van der Waals surface area (Å²) in [5.41, 5.74) is 6.57. The first-order valence-corrected chi connectivity index (χ1v) is 5.87. The summed E-state index contributed by atoms with van der Waals surface area (Å²) in [5, 5.41) is 1.02. The fourth-order valence-corrected chi connectivity index (χ4v) is 2.04. The molecule has 3 aromatic rings. The smallest absolute Gasteiger partial charge is 0.156 e. The number of fused-ring (bicyclic) bond motifs is 1. The Balaban J connectivity index is 2.11. The summed E-state index contributed by atoms with van der Waals surface area (Å²) in [6, 6.07) is 12.1. The molecule has 0 saturated heterocycles. The van der Waals surface area contributed by atoms with E-state index in [1.807, 2.05) is 28.9 Å². The molecule has 1 aromatic carbocycles. The third-order valence-electron chi connectivity index (χ3n) is 3.03. The highest BCUT2D eigenvalue weighted by Crippen LogP contribution is 2.19. The van der Waals surface area contributed by atoms with Gasteiger partial charge in [-0.2, -0.15) is 0 Å². The van der Waals surface area contributed by atoms with E-state index in [9.17, 15) is 0 Å². The Hall–Kier alpha value is -2.36. The second-order valence-corrected chi connectivity index (χ2v) is 4.30. The Morgan fingerprint density at radius 2 is 1.67 bits per heavy atom. The van der Waals surface area contributed by atoms with E-state index in [4.69, 9.17) is 0 Å². The van der Waals surface area contributed by atoms with Crippen LogP contribution < -0.4 is 5.43 Å². The Kier molecular flexibility index (Phi) is 2.48. The molecule has 3 rings (SSSR count). The van der Waals surface area contributed by atoms with Crippen molar-refractivity contribution in [1.29, 1.82) is 0 Å². The maximum absolute atomic E-state index is 4.32. The SMILES string of the molecule is Cc1ccc(C)n1Nc1ncnc2ccccc12. The van der Waals surface area contributed by atoms with Crippen molar-refractivity contribution < 1.29 is 0 Å². The van der Waals surface area contributed by atoms with E-state index >= 15 is 0 Å². The predicted molar refractivity (Wildman–Crippen MR) is 72.5 cm³/mol. The lowest BCUT2D eigenvalue weighted by Gasteiger charge is -2.13. The van der Waals surface area contributed by atoms with Gasteiger partial charge in [0.2, 0.25) is 0 Å². The van der Waals surface area contributed by atoms with E-state index < -0.39 is 0 Å². The summed E-state index contributed by atoms with van der Waals surface area (Å²) < 4.78 is 2.02. The monoisotopic (exact) mass is 238 g/mol. The highest BCUT2D eigenvalue weighted by molar-refractivity contribution is 5.88. The second-order valence-electron chi connectivity index (χ2n) is 4.30. The van der Waals surface area contributed by atoms with Crippen molar-refractivity contribution in [1.82, 2.24) is 14.6 Å². The molecule has 1 N–H and O–H groups in total. The van der Waals surface area contributed by atoms with Gasteiger partial charge >= 0.3 is 0 Å². The molecule has 0 bridgehead atoms. The number of hydrogen-bond acceptors (Lipinski definition) is 3. The normalized spacial score (nSPS) is 10.8. The third kappa shape index (κ3) is 1.72. The zero-order chi connectivity index (χ0) is 12.5. The molecule has 90 valence electrons. The minimum absolute atomic E-state index is 0.822. The highest BCUT2D eigenvalue weighted by atomic mass is 15.4. The zero-order valence-electron chi connectivity index (χ0n) is 10.4. The average molecular weight is 238 g/mol. The number of aromatic nitrogens is 3. The van der Waals surface area contributed by atoms with Crippen molar-refractivity contribution in [2.75, 3.05) is 5.43 Å². The van der Waals surface area contributed by atoms with Crippen molar-refractivity contribution in [2.24, 2.45) is 0 Å². The molecule has 0 radical (unpaired) electrons. The Morgan fingerprint density at radius 1 is 0.944 bits per heavy atom. The lowest BCUT2D eigenvalue weighted by atomic mass is 10.2. The summed E-state index contributed by atoms with van der Waals surface area (Å²) in [5.74, 6) is 0.822. The summed E-state index contributed by atoms with van der Waals surface area (Å²) in [4.78, 5) is 8.58. The standard InChI is InChI=1S/C14H14N4/c1-10-7-8-11(2)18(10)17-14-12-5-3-4-6-13(12)15-9-16-14/h3-9H,1-2H3,(H,15,16,17). The van der Waals surface area contributed by atoms with Crippen LogP contribution in [0.4, 0.5) is 5.82 Å². The first-order valence-electron chi connectivity index (χ1n) is 5.87. The van der Waals surface area contributed by atoms with Crippen LogP contribution in [0.1, 0.15) is 11.4 Å². The van der Waals surface area contributed by atoms with Crippen LogP contribution in [0.5, 0.6) is 0 Å². The van der Waals surface area contributed by atoms with E-state index in [0.717, 1.165) is 28.1 Å². The highest BCUT2D eigenvalue weighted by Gasteiger charge is 2.05. The van der Waals surface area contributed by atoms with E-state index in [1.54, 1.807) is 6.33 Å². The number of nitrogens with one attached hydrogen (secondary N) is 1. The number of para-hydroxylation sites is 1. The van der Waals surface area contributed by atoms with E-state index in [-0.39, 0.29) is 0 Å². The van der Waals surface area contributed by atoms with Gasteiger partial charge in [-0.3, -0.25) is 10.1 Å². The zero-order valence-corrected chi connectivity index (χ0v) is 10.4. The molecule has 18 heavy (non-hydrogen) atoms. The van der Waals surface area contributed by atoms with E-state index in [2.05, 4.69) is 41.4 Å². The summed E-state index contributed by atoms with van der Waals surface area (Å²) in [7, 11) is 0. The van der Waals surface area contributed by atoms with E-state index in [1.165, 1.54) is 0 Å². The van der Waals surface area contributed by atoms with Gasteiger partial charge in [0.05, 0.1) is 5.52 Å². The molecular weight excluding hydrogens is 224 g/mol. The van der Waals surface area contributed by atoms with Crippen LogP contribution in [0.25, 0.3) is 10.9 Å². The minimum Gasteiger partial charge on any atom is -0.277 e. The first kappa shape index (κ1) is 10.8. The minimum atomic E-state index is 0.822. The lowest BCUT2D eigenvalue weighted by molar-refractivity contribution is 0.872. The molecule has 2 aromatic heterocycles. The molecular formula is C14H14N4. The fraction of sp³-hybridized carbons (Fsp3) is 0.143. The lowest BCUT2D eigenvalue weighted by Crippen LogP contribution is -2.13. The summed E-state index contributed by atoms with van der Waals surface area (Å²) >= 11 is 0. The molecule has 0 aliphatic carbocycles. The Bertz CT molecular complexity index is 675. The number of benzene rings is 1. The molecule has 2 heterocycles. The van der Waals surface area contributed by atoms with Crippen molar-refractivity contribution in [3.8, 4) is 0 Å². The summed E-state index contributed by atoms with van der Waals surface area (Å²) in [6.45, 7) is 4.12. The maximum atomic E-state index is 4.32. The van der Waals surface area contributed by atoms with Gasteiger partial charge in [0.1, 0.15) is 6.33 Å². The van der Waals surface area contributed by atoms with Crippen LogP contribution in [-0.2, 0) is 0 Å². The first-order chi connectivity index (χ1) is 8.75. The van der Waals surface area contributed by atoms with Crippen LogP contribution in [0.15, 0.2) is 42.7 Å². The van der Waals surface area contributed by atoms with Gasteiger partial charge in [-0.05, 0) is 38.1 Å². The molecule has 4 heteroatoms. The molecule has 0 fully saturated rings. The van der Waals surface area contributed by atoms with Crippen LogP contribution in [0.3, 0.4) is 0 Å². The van der Waals surface area contributed by atoms with Gasteiger partial charge in [0.15, 0.2) is 5.82 Å². The number of rotatable bonds is 2. The fourth-order valence-electron chi connectivity index (χ4n) is 2.04. The quantitative estimate of drug-likeness (QED) is 0.746. The van der Waals surface area contributed by atoms with Gasteiger partial charge in [-0.25, -0.2) is 9.97 Å². The Morgan fingerprint density at radius 3 is 2.44 bits per heavy atom. The number of anilines is 1. The molecule has 0 aliphatic rings. The van der Waals surface area contributed by atoms with Crippen molar-refractivity contribution in [2.45, 2.75) is 13.8 Å². The van der Waals surface area contributed by atoms with Crippen molar-refractivity contribution in [3.05, 3.63) is 54.1 Å². The average Bonchev–Trinajstić information content (AvgIpc) is 2.71. The van der Waals surface area contributed by atoms with Gasteiger partial charge in [0, 0.05) is 16.8 Å². The Labute approximate surface area is 105 Å². The van der Waals surface area contributed by atoms with Crippen LogP contribution in [-0.4, -0.2) is 14.6 Å². The van der Waals surface area contributed by atoms with Crippen LogP contribution in [0, 0.1) is 13.8 Å². The van der Waals surface area contributed by atoms with Crippen LogP contribution >= 0.6 is 0 Å². The van der Waals surface area contributed by atoms with Crippen molar-refractivity contribution >= 4 is 16.7 Å². The maximum Gasteiger partial charge on any atom is 0.156 e. The van der Waals surface area contributed by atoms with Crippen LogP contribution in [0.2, 0.25) is 0 Å². The largest absolute Gasteiger partial charge is 0.277 e. The molecule has 0 spiro atoms. The summed E-state index contributed by atoms with van der Waals surface area (Å²) in [6.07, 6.45) is 1.58. The van der Waals surface area contributed by atoms with Gasteiger partial charge in [-0.15, -0.1) is 0 Å².